The molecule has 1 aliphatic rings. The molecule has 2 aromatic carbocycles. The molecular weight excluding hydrogens is 432 g/mol. The molecule has 182 valence electrons. The Morgan fingerprint density at radius 2 is 1.59 bits per heavy atom. The summed E-state index contributed by atoms with van der Waals surface area (Å²) >= 11 is 0. The van der Waals surface area contributed by atoms with E-state index in [0.717, 1.165) is 31.7 Å². The van der Waals surface area contributed by atoms with Crippen LogP contribution in [0.4, 0.5) is 0 Å². The molecule has 0 saturated carbocycles. The predicted octanol–water partition coefficient (Wildman–Crippen LogP) is 1.91. The molecule has 2 N–H and O–H groups in total. The molecule has 8 nitrogen and oxygen atoms in total. The average Bonchev–Trinajstić information content (AvgIpc) is 2.85. The largest absolute Gasteiger partial charge is 0.484 e. The molecule has 0 bridgehead atoms. The second kappa shape index (κ2) is 12.2. The zero-order chi connectivity index (χ0) is 24.5. The highest BCUT2D eigenvalue weighted by molar-refractivity contribution is 5.94. The van der Waals surface area contributed by atoms with Crippen molar-refractivity contribution in [3.8, 4) is 5.75 Å². The lowest BCUT2D eigenvalue weighted by Crippen LogP contribution is -2.50. The minimum atomic E-state index is -0.676. The van der Waals surface area contributed by atoms with Crippen molar-refractivity contribution in [2.24, 2.45) is 5.92 Å². The second-order valence-electron chi connectivity index (χ2n) is 8.90. The van der Waals surface area contributed by atoms with Gasteiger partial charge in [0.15, 0.2) is 6.61 Å². The van der Waals surface area contributed by atoms with Crippen LogP contribution in [0.2, 0.25) is 0 Å². The number of carbonyl (C=O) groups is 3. The van der Waals surface area contributed by atoms with Crippen molar-refractivity contribution >= 4 is 17.7 Å². The van der Waals surface area contributed by atoms with Crippen LogP contribution < -0.4 is 15.4 Å². The molecule has 3 rings (SSSR count). The molecule has 1 fully saturated rings. The molecule has 2 aromatic rings. The van der Waals surface area contributed by atoms with Gasteiger partial charge in [-0.2, -0.15) is 0 Å². The van der Waals surface area contributed by atoms with Crippen LogP contribution in [0.25, 0.3) is 0 Å². The Morgan fingerprint density at radius 1 is 0.941 bits per heavy atom. The number of benzene rings is 2. The van der Waals surface area contributed by atoms with Gasteiger partial charge in [0.25, 0.3) is 11.8 Å². The molecular formula is C26H34N4O4. The van der Waals surface area contributed by atoms with Crippen molar-refractivity contribution in [1.82, 2.24) is 20.4 Å². The van der Waals surface area contributed by atoms with Gasteiger partial charge in [0.05, 0.1) is 0 Å². The van der Waals surface area contributed by atoms with Gasteiger partial charge in [0, 0.05) is 38.3 Å². The smallest absolute Gasteiger partial charge is 0.258 e. The maximum absolute atomic E-state index is 12.7. The minimum Gasteiger partial charge on any atom is -0.484 e. The lowest BCUT2D eigenvalue weighted by atomic mass is 10.0. The lowest BCUT2D eigenvalue weighted by Gasteiger charge is -2.32. The van der Waals surface area contributed by atoms with Crippen LogP contribution in [0.1, 0.15) is 29.8 Å². The summed E-state index contributed by atoms with van der Waals surface area (Å²) in [7, 11) is 2.05. The first-order valence-electron chi connectivity index (χ1n) is 11.6. The average molecular weight is 467 g/mol. The number of ether oxygens (including phenoxy) is 1. The van der Waals surface area contributed by atoms with E-state index in [9.17, 15) is 14.4 Å². The number of carbonyl (C=O) groups excluding carboxylic acids is 3. The van der Waals surface area contributed by atoms with Crippen molar-refractivity contribution in [1.29, 1.82) is 0 Å². The number of hydrogen-bond donors (Lipinski definition) is 2. The Balaban J connectivity index is 1.48. The highest BCUT2D eigenvalue weighted by Crippen LogP contribution is 2.11. The zero-order valence-electron chi connectivity index (χ0n) is 20.1. The van der Waals surface area contributed by atoms with E-state index in [1.807, 2.05) is 49.1 Å². The number of nitrogens with zero attached hydrogens (tertiary/aromatic N) is 2. The van der Waals surface area contributed by atoms with E-state index in [-0.39, 0.29) is 30.2 Å². The van der Waals surface area contributed by atoms with Crippen molar-refractivity contribution in [2.75, 3.05) is 39.8 Å². The minimum absolute atomic E-state index is 0.0315. The number of nitrogens with one attached hydrogen (secondary N) is 2. The van der Waals surface area contributed by atoms with E-state index in [1.165, 1.54) is 0 Å². The number of likely N-dealkylation sites (N-methyl/N-ethyl adjacent to an activating group) is 1. The number of amides is 3. The van der Waals surface area contributed by atoms with Gasteiger partial charge in [0.1, 0.15) is 11.8 Å². The lowest BCUT2D eigenvalue weighted by molar-refractivity contribution is -0.131. The molecule has 1 atom stereocenters. The van der Waals surface area contributed by atoms with Crippen LogP contribution in [-0.2, 0) is 16.1 Å². The summed E-state index contributed by atoms with van der Waals surface area (Å²) in [5.41, 5.74) is 1.52. The van der Waals surface area contributed by atoms with Gasteiger partial charge >= 0.3 is 0 Å². The van der Waals surface area contributed by atoms with E-state index in [1.54, 1.807) is 24.3 Å². The van der Waals surface area contributed by atoms with Crippen LogP contribution in [0.5, 0.6) is 5.75 Å². The van der Waals surface area contributed by atoms with E-state index in [2.05, 4.69) is 22.6 Å². The highest BCUT2D eigenvalue weighted by atomic mass is 16.5. The summed E-state index contributed by atoms with van der Waals surface area (Å²) < 4.78 is 5.46. The second-order valence-corrected chi connectivity index (χ2v) is 8.90. The van der Waals surface area contributed by atoms with Gasteiger partial charge in [-0.1, -0.05) is 44.2 Å². The summed E-state index contributed by atoms with van der Waals surface area (Å²) in [5, 5.41) is 5.64. The normalized spacial score (nSPS) is 15.0. The SMILES string of the molecule is CC(C)C(NC(=O)COc1ccccc1)C(=O)NCc1ccc(C(=O)N2CCN(C)CC2)cc1. The van der Waals surface area contributed by atoms with Gasteiger partial charge < -0.3 is 25.2 Å². The summed E-state index contributed by atoms with van der Waals surface area (Å²) in [4.78, 5) is 41.8. The van der Waals surface area contributed by atoms with Gasteiger partial charge in [-0.25, -0.2) is 0 Å². The zero-order valence-corrected chi connectivity index (χ0v) is 20.1. The number of hydrogen-bond acceptors (Lipinski definition) is 5. The Kier molecular flexibility index (Phi) is 9.04. The standard InChI is InChI=1S/C26H34N4O4/c1-19(2)24(28-23(31)18-34-22-7-5-4-6-8-22)25(32)27-17-20-9-11-21(12-10-20)26(33)30-15-13-29(3)14-16-30/h4-12,19,24H,13-18H2,1-3H3,(H,27,32)(H,28,31). The summed E-state index contributed by atoms with van der Waals surface area (Å²) in [6.07, 6.45) is 0. The molecule has 8 heteroatoms. The fraction of sp³-hybridized carbons (Fsp3) is 0.423. The quantitative estimate of drug-likeness (QED) is 0.589. The molecule has 1 heterocycles. The first-order chi connectivity index (χ1) is 16.3. The molecule has 0 aliphatic carbocycles. The number of para-hydroxylation sites is 1. The van der Waals surface area contributed by atoms with Gasteiger partial charge in [-0.3, -0.25) is 14.4 Å². The fourth-order valence-electron chi connectivity index (χ4n) is 3.67. The fourth-order valence-corrected chi connectivity index (χ4v) is 3.67. The molecule has 1 aliphatic heterocycles. The van der Waals surface area contributed by atoms with Gasteiger partial charge in [-0.05, 0) is 42.8 Å². The van der Waals surface area contributed by atoms with Gasteiger partial charge in [0.2, 0.25) is 5.91 Å². The molecule has 3 amide bonds. The summed E-state index contributed by atoms with van der Waals surface area (Å²) in [6, 6.07) is 15.7. The Morgan fingerprint density at radius 3 is 2.21 bits per heavy atom. The first-order valence-corrected chi connectivity index (χ1v) is 11.6. The monoisotopic (exact) mass is 466 g/mol. The predicted molar refractivity (Wildman–Crippen MR) is 130 cm³/mol. The first kappa shape index (κ1) is 25.2. The highest BCUT2D eigenvalue weighted by Gasteiger charge is 2.24. The van der Waals surface area contributed by atoms with Crippen molar-refractivity contribution in [2.45, 2.75) is 26.4 Å². The molecule has 0 radical (unpaired) electrons. The maximum Gasteiger partial charge on any atom is 0.258 e. The Bertz CT molecular complexity index is 955. The Hall–Kier alpha value is -3.39. The van der Waals surface area contributed by atoms with Crippen LogP contribution in [0.3, 0.4) is 0 Å². The summed E-state index contributed by atoms with van der Waals surface area (Å²) in [6.45, 7) is 7.11. The van der Waals surface area contributed by atoms with E-state index < -0.39 is 6.04 Å². The molecule has 1 unspecified atom stereocenters. The van der Waals surface area contributed by atoms with E-state index in [0.29, 0.717) is 17.9 Å². The maximum atomic E-state index is 12.7. The van der Waals surface area contributed by atoms with Crippen LogP contribution in [-0.4, -0.2) is 73.4 Å². The third-order valence-corrected chi connectivity index (χ3v) is 5.84. The molecule has 0 spiro atoms. The van der Waals surface area contributed by atoms with E-state index in [4.69, 9.17) is 4.74 Å². The molecule has 0 aromatic heterocycles. The number of piperazine rings is 1. The molecule has 34 heavy (non-hydrogen) atoms. The molecule has 1 saturated heterocycles. The number of rotatable bonds is 9. The van der Waals surface area contributed by atoms with Gasteiger partial charge in [-0.15, -0.1) is 0 Å². The van der Waals surface area contributed by atoms with Crippen LogP contribution in [0.15, 0.2) is 54.6 Å². The third kappa shape index (κ3) is 7.31. The van der Waals surface area contributed by atoms with Crippen LogP contribution >= 0.6 is 0 Å². The Labute approximate surface area is 201 Å². The third-order valence-electron chi connectivity index (χ3n) is 5.84. The van der Waals surface area contributed by atoms with Crippen LogP contribution in [0, 0.1) is 5.92 Å². The van der Waals surface area contributed by atoms with E-state index >= 15 is 0 Å². The van der Waals surface area contributed by atoms with Crippen molar-refractivity contribution in [3.63, 3.8) is 0 Å². The summed E-state index contributed by atoms with van der Waals surface area (Å²) in [5.74, 6) is -0.0869. The topological polar surface area (TPSA) is 91.0 Å². The van der Waals surface area contributed by atoms with Crippen molar-refractivity contribution < 1.29 is 19.1 Å². The van der Waals surface area contributed by atoms with Crippen molar-refractivity contribution in [3.05, 3.63) is 65.7 Å².